The van der Waals surface area contributed by atoms with Crippen molar-refractivity contribution in [2.45, 2.75) is 51.5 Å². The van der Waals surface area contributed by atoms with Crippen LogP contribution in [0.2, 0.25) is 0 Å². The standard InChI is InChI=1S/C19H24N2O2S/c1-13-17(18(22)21-15-7-5-3-4-6-8-15)24-19(20-13)14-9-11-16(23-2)12-10-14/h9-12,15H,3-8H2,1-2H3,(H,21,22). The molecule has 1 amide bonds. The fourth-order valence-corrected chi connectivity index (χ4v) is 4.11. The third kappa shape index (κ3) is 3.96. The lowest BCUT2D eigenvalue weighted by molar-refractivity contribution is 0.0936. The Morgan fingerprint density at radius 1 is 1.17 bits per heavy atom. The van der Waals surface area contributed by atoms with Crippen LogP contribution in [0, 0.1) is 6.92 Å². The van der Waals surface area contributed by atoms with Gasteiger partial charge in [-0.05, 0) is 44.0 Å². The van der Waals surface area contributed by atoms with Crippen LogP contribution in [-0.2, 0) is 0 Å². The second kappa shape index (κ2) is 7.79. The number of hydrogen-bond donors (Lipinski definition) is 1. The van der Waals surface area contributed by atoms with Crippen molar-refractivity contribution in [1.29, 1.82) is 0 Å². The summed E-state index contributed by atoms with van der Waals surface area (Å²) in [6.07, 6.45) is 7.18. The van der Waals surface area contributed by atoms with Gasteiger partial charge >= 0.3 is 0 Å². The van der Waals surface area contributed by atoms with E-state index in [9.17, 15) is 4.79 Å². The van der Waals surface area contributed by atoms with Crippen molar-refractivity contribution in [3.63, 3.8) is 0 Å². The zero-order valence-corrected chi connectivity index (χ0v) is 15.1. The largest absolute Gasteiger partial charge is 0.497 e. The fourth-order valence-electron chi connectivity index (χ4n) is 3.14. The Morgan fingerprint density at radius 3 is 2.46 bits per heavy atom. The molecule has 5 heteroatoms. The third-order valence-corrected chi connectivity index (χ3v) is 5.74. The highest BCUT2D eigenvalue weighted by atomic mass is 32.1. The first-order valence-electron chi connectivity index (χ1n) is 8.60. The topological polar surface area (TPSA) is 51.2 Å². The molecule has 1 fully saturated rings. The number of aryl methyl sites for hydroxylation is 1. The molecule has 1 aromatic carbocycles. The molecular weight excluding hydrogens is 320 g/mol. The van der Waals surface area contributed by atoms with Crippen molar-refractivity contribution in [2.24, 2.45) is 0 Å². The minimum atomic E-state index is 0.0247. The quantitative estimate of drug-likeness (QED) is 0.826. The summed E-state index contributed by atoms with van der Waals surface area (Å²) in [5, 5.41) is 4.09. The molecule has 1 aliphatic rings. The maximum Gasteiger partial charge on any atom is 0.263 e. The van der Waals surface area contributed by atoms with E-state index < -0.39 is 0 Å². The summed E-state index contributed by atoms with van der Waals surface area (Å²) in [7, 11) is 1.65. The second-order valence-electron chi connectivity index (χ2n) is 6.32. The summed E-state index contributed by atoms with van der Waals surface area (Å²) in [5.74, 6) is 0.843. The maximum absolute atomic E-state index is 12.6. The van der Waals surface area contributed by atoms with Crippen LogP contribution in [0.1, 0.15) is 53.9 Å². The SMILES string of the molecule is COc1ccc(-c2nc(C)c(C(=O)NC3CCCCCC3)s2)cc1. The normalized spacial score (nSPS) is 15.8. The molecule has 4 nitrogen and oxygen atoms in total. The fraction of sp³-hybridized carbons (Fsp3) is 0.474. The zero-order valence-electron chi connectivity index (χ0n) is 14.3. The highest BCUT2D eigenvalue weighted by Crippen LogP contribution is 2.29. The van der Waals surface area contributed by atoms with Gasteiger partial charge in [0.2, 0.25) is 0 Å². The molecule has 128 valence electrons. The Morgan fingerprint density at radius 2 is 1.83 bits per heavy atom. The van der Waals surface area contributed by atoms with E-state index in [-0.39, 0.29) is 5.91 Å². The van der Waals surface area contributed by atoms with Crippen LogP contribution >= 0.6 is 11.3 Å². The molecule has 24 heavy (non-hydrogen) atoms. The summed E-state index contributed by atoms with van der Waals surface area (Å²) >= 11 is 1.46. The zero-order chi connectivity index (χ0) is 16.9. The summed E-state index contributed by atoms with van der Waals surface area (Å²) < 4.78 is 5.19. The van der Waals surface area contributed by atoms with Gasteiger partial charge in [-0.25, -0.2) is 4.98 Å². The molecular formula is C19H24N2O2S. The van der Waals surface area contributed by atoms with Crippen LogP contribution in [0.3, 0.4) is 0 Å². The van der Waals surface area contributed by atoms with E-state index in [1.54, 1.807) is 7.11 Å². The van der Waals surface area contributed by atoms with Gasteiger partial charge in [0.1, 0.15) is 15.6 Å². The van der Waals surface area contributed by atoms with Gasteiger partial charge in [-0.1, -0.05) is 25.7 Å². The molecule has 0 unspecified atom stereocenters. The molecule has 0 saturated heterocycles. The van der Waals surface area contributed by atoms with E-state index >= 15 is 0 Å². The van der Waals surface area contributed by atoms with Crippen LogP contribution < -0.4 is 10.1 Å². The first-order valence-corrected chi connectivity index (χ1v) is 9.41. The number of aromatic nitrogens is 1. The van der Waals surface area contributed by atoms with Crippen LogP contribution in [-0.4, -0.2) is 24.0 Å². The van der Waals surface area contributed by atoms with Crippen molar-refractivity contribution < 1.29 is 9.53 Å². The van der Waals surface area contributed by atoms with Gasteiger partial charge in [-0.15, -0.1) is 11.3 Å². The maximum atomic E-state index is 12.6. The Bertz CT molecular complexity index is 686. The molecule has 0 aliphatic heterocycles. The van der Waals surface area contributed by atoms with Gasteiger partial charge in [-0.3, -0.25) is 4.79 Å². The Kier molecular flexibility index (Phi) is 5.51. The number of carbonyl (C=O) groups is 1. The molecule has 1 N–H and O–H groups in total. The van der Waals surface area contributed by atoms with E-state index in [1.165, 1.54) is 37.0 Å². The Hall–Kier alpha value is -1.88. The van der Waals surface area contributed by atoms with E-state index in [0.29, 0.717) is 6.04 Å². The smallest absolute Gasteiger partial charge is 0.263 e. The first-order chi connectivity index (χ1) is 11.7. The van der Waals surface area contributed by atoms with Crippen molar-refractivity contribution in [1.82, 2.24) is 10.3 Å². The second-order valence-corrected chi connectivity index (χ2v) is 7.32. The van der Waals surface area contributed by atoms with E-state index in [4.69, 9.17) is 4.74 Å². The van der Waals surface area contributed by atoms with Crippen molar-refractivity contribution in [2.75, 3.05) is 7.11 Å². The minimum absolute atomic E-state index is 0.0247. The van der Waals surface area contributed by atoms with Crippen LogP contribution in [0.5, 0.6) is 5.75 Å². The lowest BCUT2D eigenvalue weighted by Crippen LogP contribution is -2.34. The average molecular weight is 344 g/mol. The lowest BCUT2D eigenvalue weighted by atomic mass is 10.1. The highest BCUT2D eigenvalue weighted by Gasteiger charge is 2.20. The monoisotopic (exact) mass is 344 g/mol. The number of thiazole rings is 1. The molecule has 1 aliphatic carbocycles. The Balaban J connectivity index is 1.73. The number of nitrogens with zero attached hydrogens (tertiary/aromatic N) is 1. The van der Waals surface area contributed by atoms with Crippen molar-refractivity contribution in [3.8, 4) is 16.3 Å². The molecule has 2 aromatic rings. The van der Waals surface area contributed by atoms with Gasteiger partial charge in [0.05, 0.1) is 12.8 Å². The molecule has 0 spiro atoms. The highest BCUT2D eigenvalue weighted by molar-refractivity contribution is 7.17. The minimum Gasteiger partial charge on any atom is -0.497 e. The number of amides is 1. The molecule has 0 bridgehead atoms. The number of methoxy groups -OCH3 is 1. The van der Waals surface area contributed by atoms with Crippen molar-refractivity contribution in [3.05, 3.63) is 34.8 Å². The van der Waals surface area contributed by atoms with Gasteiger partial charge in [0, 0.05) is 11.6 Å². The number of ether oxygens (including phenoxy) is 1. The average Bonchev–Trinajstić information content (AvgIpc) is 2.81. The van der Waals surface area contributed by atoms with E-state index in [2.05, 4.69) is 10.3 Å². The third-order valence-electron chi connectivity index (χ3n) is 4.53. The predicted molar refractivity (Wildman–Crippen MR) is 97.8 cm³/mol. The van der Waals surface area contributed by atoms with E-state index in [1.807, 2.05) is 31.2 Å². The molecule has 3 rings (SSSR count). The van der Waals surface area contributed by atoms with Crippen LogP contribution in [0.15, 0.2) is 24.3 Å². The number of nitrogens with one attached hydrogen (secondary N) is 1. The van der Waals surface area contributed by atoms with Gasteiger partial charge in [-0.2, -0.15) is 0 Å². The molecule has 0 radical (unpaired) electrons. The summed E-state index contributed by atoms with van der Waals surface area (Å²) in [6, 6.07) is 8.09. The number of carbonyl (C=O) groups excluding carboxylic acids is 1. The van der Waals surface area contributed by atoms with Gasteiger partial charge in [0.15, 0.2) is 0 Å². The molecule has 1 heterocycles. The molecule has 1 aromatic heterocycles. The lowest BCUT2D eigenvalue weighted by Gasteiger charge is -2.15. The first kappa shape index (κ1) is 17.0. The van der Waals surface area contributed by atoms with Crippen LogP contribution in [0.4, 0.5) is 0 Å². The van der Waals surface area contributed by atoms with Crippen LogP contribution in [0.25, 0.3) is 10.6 Å². The van der Waals surface area contributed by atoms with Gasteiger partial charge in [0.25, 0.3) is 5.91 Å². The van der Waals surface area contributed by atoms with E-state index in [0.717, 1.165) is 39.7 Å². The van der Waals surface area contributed by atoms with Gasteiger partial charge < -0.3 is 10.1 Å². The summed E-state index contributed by atoms with van der Waals surface area (Å²) in [5.41, 5.74) is 1.81. The number of rotatable bonds is 4. The summed E-state index contributed by atoms with van der Waals surface area (Å²) in [4.78, 5) is 17.9. The summed E-state index contributed by atoms with van der Waals surface area (Å²) in [6.45, 7) is 1.91. The van der Waals surface area contributed by atoms with Crippen molar-refractivity contribution >= 4 is 17.2 Å². The predicted octanol–water partition coefficient (Wildman–Crippen LogP) is 4.58. The molecule has 0 atom stereocenters. The number of hydrogen-bond acceptors (Lipinski definition) is 4. The Labute approximate surface area is 147 Å². The molecule has 1 saturated carbocycles. The number of benzene rings is 1.